The number of aliphatic hydroxyl groups is 1. The minimum atomic E-state index is -1.75. The Labute approximate surface area is 254 Å². The molecule has 0 aromatic heterocycles. The molecule has 0 fully saturated rings. The van der Waals surface area contributed by atoms with E-state index in [1.54, 1.807) is 13.8 Å². The van der Waals surface area contributed by atoms with Crippen LogP contribution in [0.5, 0.6) is 5.75 Å². The van der Waals surface area contributed by atoms with Gasteiger partial charge in [-0.2, -0.15) is 0 Å². The zero-order valence-electron chi connectivity index (χ0n) is 24.8. The van der Waals surface area contributed by atoms with Gasteiger partial charge in [0, 0.05) is 6.42 Å². The molecule has 16 nitrogen and oxygen atoms in total. The Hall–Kier alpha value is -4.28. The van der Waals surface area contributed by atoms with Gasteiger partial charge in [0.1, 0.15) is 36.0 Å². The van der Waals surface area contributed by atoms with Crippen LogP contribution in [0.15, 0.2) is 24.3 Å². The third-order valence-corrected chi connectivity index (χ3v) is 6.46. The third-order valence-electron chi connectivity index (χ3n) is 6.46. The molecule has 0 aliphatic rings. The number of aliphatic hydroxyl groups excluding tert-OH is 1. The van der Waals surface area contributed by atoms with Gasteiger partial charge >= 0.3 is 11.9 Å². The fraction of sp³-hybridized carbons (Fsp3) is 0.571. The number of hydrogen-bond acceptors (Lipinski definition) is 10. The number of carbonyl (C=O) groups is 6. The molecule has 246 valence electrons. The summed E-state index contributed by atoms with van der Waals surface area (Å²) in [6, 6.07) is -1.00. The molecule has 0 aliphatic heterocycles. The lowest BCUT2D eigenvalue weighted by atomic mass is 10.00. The first-order chi connectivity index (χ1) is 20.7. The summed E-state index contributed by atoms with van der Waals surface area (Å²) >= 11 is 0. The number of aromatic hydroxyl groups is 1. The SMILES string of the molecule is CC(C)C[C@H](NC(=O)[C@H](Cc1ccc(O)cc1)NC(=O)[C@H](CCCCN)NC(=O)[C@@H](N)CO)C(=O)N[C@@H](CC(=O)O)C(=O)O. The van der Waals surface area contributed by atoms with Crippen LogP contribution in [0.3, 0.4) is 0 Å². The van der Waals surface area contributed by atoms with Crippen molar-refractivity contribution in [2.75, 3.05) is 13.2 Å². The molecule has 0 aliphatic carbocycles. The van der Waals surface area contributed by atoms with Gasteiger partial charge in [-0.3, -0.25) is 24.0 Å². The van der Waals surface area contributed by atoms with Crippen molar-refractivity contribution in [3.05, 3.63) is 29.8 Å². The molecule has 0 heterocycles. The number of carbonyl (C=O) groups excluding carboxylic acids is 4. The van der Waals surface area contributed by atoms with Gasteiger partial charge in [-0.05, 0) is 55.8 Å². The molecular formula is C28H44N6O10. The summed E-state index contributed by atoms with van der Waals surface area (Å²) in [5, 5.41) is 46.9. The van der Waals surface area contributed by atoms with E-state index in [0.717, 1.165) is 0 Å². The average molecular weight is 625 g/mol. The fourth-order valence-corrected chi connectivity index (χ4v) is 4.09. The molecule has 0 radical (unpaired) electrons. The van der Waals surface area contributed by atoms with Gasteiger partial charge in [-0.15, -0.1) is 0 Å². The van der Waals surface area contributed by atoms with Crippen LogP contribution in [0.2, 0.25) is 0 Å². The summed E-state index contributed by atoms with van der Waals surface area (Å²) in [5.41, 5.74) is 11.6. The number of phenolic OH excluding ortho intramolecular Hbond substituents is 1. The van der Waals surface area contributed by atoms with Gasteiger partial charge in [-0.1, -0.05) is 26.0 Å². The zero-order chi connectivity index (χ0) is 33.4. The lowest BCUT2D eigenvalue weighted by molar-refractivity contribution is -0.147. The Morgan fingerprint density at radius 2 is 1.30 bits per heavy atom. The van der Waals surface area contributed by atoms with E-state index < -0.39 is 78.8 Å². The van der Waals surface area contributed by atoms with Gasteiger partial charge in [0.25, 0.3) is 0 Å². The van der Waals surface area contributed by atoms with Gasteiger partial charge in [0.05, 0.1) is 13.0 Å². The van der Waals surface area contributed by atoms with Crippen molar-refractivity contribution in [3.8, 4) is 5.75 Å². The number of carboxylic acid groups (broad SMARTS) is 2. The van der Waals surface area contributed by atoms with E-state index >= 15 is 0 Å². The number of amides is 4. The van der Waals surface area contributed by atoms with Crippen LogP contribution >= 0.6 is 0 Å². The number of benzene rings is 1. The van der Waals surface area contributed by atoms with Crippen molar-refractivity contribution < 1.29 is 49.2 Å². The number of hydrogen-bond donors (Lipinski definition) is 10. The Balaban J connectivity index is 3.30. The quantitative estimate of drug-likeness (QED) is 0.0700. The summed E-state index contributed by atoms with van der Waals surface area (Å²) in [5.74, 6) is -6.53. The Morgan fingerprint density at radius 1 is 0.773 bits per heavy atom. The van der Waals surface area contributed by atoms with Crippen molar-refractivity contribution >= 4 is 35.6 Å². The van der Waals surface area contributed by atoms with E-state index in [9.17, 15) is 44.1 Å². The predicted octanol–water partition coefficient (Wildman–Crippen LogP) is -2.07. The van der Waals surface area contributed by atoms with Crippen molar-refractivity contribution in [1.29, 1.82) is 0 Å². The molecule has 0 spiro atoms. The van der Waals surface area contributed by atoms with Crippen LogP contribution in [0.4, 0.5) is 0 Å². The molecule has 0 bridgehead atoms. The van der Waals surface area contributed by atoms with Crippen LogP contribution < -0.4 is 32.7 Å². The summed E-state index contributed by atoms with van der Waals surface area (Å²) in [6.45, 7) is 3.17. The van der Waals surface area contributed by atoms with Crippen LogP contribution in [0, 0.1) is 5.92 Å². The van der Waals surface area contributed by atoms with E-state index in [0.29, 0.717) is 24.9 Å². The smallest absolute Gasteiger partial charge is 0.326 e. The molecule has 0 saturated carbocycles. The van der Waals surface area contributed by atoms with Crippen LogP contribution in [0.25, 0.3) is 0 Å². The normalized spacial score (nSPS) is 14.4. The number of nitrogens with two attached hydrogens (primary N) is 2. The highest BCUT2D eigenvalue weighted by Gasteiger charge is 2.32. The maximum atomic E-state index is 13.6. The average Bonchev–Trinajstić information content (AvgIpc) is 2.95. The van der Waals surface area contributed by atoms with Gasteiger partial charge < -0.3 is 53.2 Å². The van der Waals surface area contributed by atoms with Crippen molar-refractivity contribution in [2.45, 2.75) is 82.6 Å². The number of aliphatic carboxylic acids is 2. The minimum Gasteiger partial charge on any atom is -0.508 e. The van der Waals surface area contributed by atoms with Gasteiger partial charge in [0.15, 0.2) is 0 Å². The van der Waals surface area contributed by atoms with Crippen LogP contribution in [-0.4, -0.2) is 99.4 Å². The highest BCUT2D eigenvalue weighted by atomic mass is 16.4. The van der Waals surface area contributed by atoms with E-state index in [1.807, 2.05) is 0 Å². The first kappa shape index (κ1) is 37.7. The molecule has 1 aromatic rings. The lowest BCUT2D eigenvalue weighted by Crippen LogP contribution is -2.59. The molecule has 0 unspecified atom stereocenters. The number of phenols is 1. The molecule has 1 aromatic carbocycles. The fourth-order valence-electron chi connectivity index (χ4n) is 4.09. The van der Waals surface area contributed by atoms with E-state index in [4.69, 9.17) is 16.6 Å². The number of rotatable bonds is 20. The number of unbranched alkanes of at least 4 members (excludes halogenated alkanes) is 1. The Morgan fingerprint density at radius 3 is 1.82 bits per heavy atom. The van der Waals surface area contributed by atoms with Crippen molar-refractivity contribution in [2.24, 2.45) is 17.4 Å². The highest BCUT2D eigenvalue weighted by Crippen LogP contribution is 2.13. The summed E-state index contributed by atoms with van der Waals surface area (Å²) in [6.07, 6.45) is 0.168. The van der Waals surface area contributed by atoms with E-state index in [-0.39, 0.29) is 30.9 Å². The second-order valence-electron chi connectivity index (χ2n) is 10.8. The first-order valence-corrected chi connectivity index (χ1v) is 14.2. The standard InChI is InChI=1S/C28H44N6O10/c1-15(2)11-20(26(41)34-22(28(43)44)13-23(37)38)32-27(42)21(12-16-6-8-17(36)9-7-16)33-25(40)19(5-3-4-10-29)31-24(39)18(30)14-35/h6-9,15,18-22,35-36H,3-5,10-14,29-30H2,1-2H3,(H,31,39)(H,32,42)(H,33,40)(H,34,41)(H,37,38)(H,43,44)/t18-,19-,20-,21-,22-/m0/s1. The van der Waals surface area contributed by atoms with Crippen molar-refractivity contribution in [3.63, 3.8) is 0 Å². The summed E-state index contributed by atoms with van der Waals surface area (Å²) < 4.78 is 0. The largest absolute Gasteiger partial charge is 0.508 e. The maximum absolute atomic E-state index is 13.6. The molecular weight excluding hydrogens is 580 g/mol. The van der Waals surface area contributed by atoms with Crippen LogP contribution in [0.1, 0.15) is 51.5 Å². The summed E-state index contributed by atoms with van der Waals surface area (Å²) in [4.78, 5) is 74.9. The Bertz CT molecular complexity index is 1130. The first-order valence-electron chi connectivity index (χ1n) is 14.2. The molecule has 1 rings (SSSR count). The maximum Gasteiger partial charge on any atom is 0.326 e. The zero-order valence-corrected chi connectivity index (χ0v) is 24.8. The number of nitrogens with one attached hydrogen (secondary N) is 4. The minimum absolute atomic E-state index is 0.0373. The predicted molar refractivity (Wildman–Crippen MR) is 157 cm³/mol. The molecule has 5 atom stereocenters. The molecule has 44 heavy (non-hydrogen) atoms. The topological polar surface area (TPSA) is 284 Å². The second kappa shape index (κ2) is 19.1. The number of carboxylic acids is 2. The van der Waals surface area contributed by atoms with Crippen molar-refractivity contribution in [1.82, 2.24) is 21.3 Å². The lowest BCUT2D eigenvalue weighted by Gasteiger charge is -2.27. The van der Waals surface area contributed by atoms with E-state index in [2.05, 4.69) is 21.3 Å². The molecule has 12 N–H and O–H groups in total. The van der Waals surface area contributed by atoms with Gasteiger partial charge in [0.2, 0.25) is 23.6 Å². The molecule has 0 saturated heterocycles. The summed E-state index contributed by atoms with van der Waals surface area (Å²) in [7, 11) is 0. The van der Waals surface area contributed by atoms with Crippen LogP contribution in [-0.2, 0) is 35.2 Å². The Kier molecular flexibility index (Phi) is 16.4. The second-order valence-corrected chi connectivity index (χ2v) is 10.8. The van der Waals surface area contributed by atoms with Gasteiger partial charge in [-0.25, -0.2) is 4.79 Å². The van der Waals surface area contributed by atoms with E-state index in [1.165, 1.54) is 24.3 Å². The highest BCUT2D eigenvalue weighted by molar-refractivity contribution is 5.96. The third kappa shape index (κ3) is 13.8. The molecule has 4 amide bonds. The monoisotopic (exact) mass is 624 g/mol. The molecule has 16 heteroatoms.